The minimum absolute atomic E-state index is 0.0821. The number of rotatable bonds is 14. The number of unbranched alkanes of at least 4 members (excludes halogenated alkanes) is 5. The number of carbonyl (C=O) groups excluding carboxylic acids is 1. The van der Waals surface area contributed by atoms with Crippen LogP contribution in [0.25, 0.3) is 10.9 Å². The third-order valence-corrected chi connectivity index (χ3v) is 6.52. The van der Waals surface area contributed by atoms with Crippen LogP contribution in [0.2, 0.25) is 0 Å². The first-order valence-electron chi connectivity index (χ1n) is 12.9. The number of carbonyl (C=O) groups is 1. The van der Waals surface area contributed by atoms with Gasteiger partial charge in [0.2, 0.25) is 5.91 Å². The summed E-state index contributed by atoms with van der Waals surface area (Å²) in [5.41, 5.74) is 1.58. The van der Waals surface area contributed by atoms with Crippen LogP contribution < -0.4 is 5.56 Å². The van der Waals surface area contributed by atoms with Crippen molar-refractivity contribution in [3.8, 4) is 0 Å². The van der Waals surface area contributed by atoms with E-state index in [2.05, 4.69) is 6.92 Å². The molecule has 0 saturated carbocycles. The van der Waals surface area contributed by atoms with E-state index in [0.717, 1.165) is 24.8 Å². The van der Waals surface area contributed by atoms with E-state index in [4.69, 9.17) is 9.72 Å². The van der Waals surface area contributed by atoms with Gasteiger partial charge in [-0.1, -0.05) is 81.5 Å². The Labute approximate surface area is 208 Å². The molecule has 188 valence electrons. The number of hydrogen-bond donors (Lipinski definition) is 0. The first-order valence-corrected chi connectivity index (χ1v) is 12.9. The molecule has 2 aromatic carbocycles. The molecule has 1 amide bonds. The van der Waals surface area contributed by atoms with Gasteiger partial charge in [-0.15, -0.1) is 0 Å². The van der Waals surface area contributed by atoms with Gasteiger partial charge in [0, 0.05) is 20.1 Å². The van der Waals surface area contributed by atoms with Gasteiger partial charge in [-0.2, -0.15) is 0 Å². The highest BCUT2D eigenvalue weighted by atomic mass is 16.5. The lowest BCUT2D eigenvalue weighted by Crippen LogP contribution is -2.39. The zero-order valence-corrected chi connectivity index (χ0v) is 21.4. The summed E-state index contributed by atoms with van der Waals surface area (Å²) in [4.78, 5) is 33.6. The van der Waals surface area contributed by atoms with Crippen LogP contribution >= 0.6 is 0 Å². The van der Waals surface area contributed by atoms with E-state index in [1.54, 1.807) is 11.7 Å². The third-order valence-electron chi connectivity index (χ3n) is 6.52. The Kier molecular flexibility index (Phi) is 10.5. The summed E-state index contributed by atoms with van der Waals surface area (Å²) in [5, 5.41) is 0.584. The molecule has 1 unspecified atom stereocenters. The molecule has 35 heavy (non-hydrogen) atoms. The van der Waals surface area contributed by atoms with Crippen LogP contribution in [-0.4, -0.2) is 40.6 Å². The lowest BCUT2D eigenvalue weighted by molar-refractivity contribution is -0.134. The molecule has 0 radical (unpaired) electrons. The number of amides is 1. The summed E-state index contributed by atoms with van der Waals surface area (Å²) in [6.07, 6.45) is 7.28. The maximum absolute atomic E-state index is 13.6. The topological polar surface area (TPSA) is 64.4 Å². The number of para-hydroxylation sites is 1. The van der Waals surface area contributed by atoms with E-state index in [-0.39, 0.29) is 17.5 Å². The van der Waals surface area contributed by atoms with E-state index in [1.165, 1.54) is 19.3 Å². The largest absolute Gasteiger partial charge is 0.383 e. The number of methoxy groups -OCH3 is 1. The van der Waals surface area contributed by atoms with Gasteiger partial charge in [0.15, 0.2) is 0 Å². The van der Waals surface area contributed by atoms with Gasteiger partial charge in [0.25, 0.3) is 5.56 Å². The molecule has 0 N–H and O–H groups in total. The average Bonchev–Trinajstić information content (AvgIpc) is 2.88. The third kappa shape index (κ3) is 7.25. The summed E-state index contributed by atoms with van der Waals surface area (Å²) >= 11 is 0. The highest BCUT2D eigenvalue weighted by Crippen LogP contribution is 2.22. The molecule has 0 bridgehead atoms. The molecule has 0 aliphatic rings. The lowest BCUT2D eigenvalue weighted by atomic mass is 10.1. The molecular formula is C29H39N3O3. The highest BCUT2D eigenvalue weighted by molar-refractivity contribution is 5.78. The monoisotopic (exact) mass is 477 g/mol. The van der Waals surface area contributed by atoms with Crippen molar-refractivity contribution in [2.75, 3.05) is 20.3 Å². The molecule has 0 fully saturated rings. The molecule has 6 heteroatoms. The normalized spacial score (nSPS) is 12.1. The number of ether oxygens (including phenoxy) is 1. The lowest BCUT2D eigenvalue weighted by Gasteiger charge is -2.30. The van der Waals surface area contributed by atoms with Crippen LogP contribution in [0.1, 0.15) is 76.2 Å². The second-order valence-electron chi connectivity index (χ2n) is 9.14. The van der Waals surface area contributed by atoms with Gasteiger partial charge in [-0.3, -0.25) is 14.2 Å². The SMILES string of the molecule is CCCCCCCCC(=O)N(CCOC)C(C)c1nc2ccccc2c(=O)n1Cc1ccccc1. The van der Waals surface area contributed by atoms with Crippen molar-refractivity contribution in [2.24, 2.45) is 0 Å². The Bertz CT molecular complexity index is 1130. The smallest absolute Gasteiger partial charge is 0.261 e. The maximum atomic E-state index is 13.6. The van der Waals surface area contributed by atoms with Crippen molar-refractivity contribution in [2.45, 2.75) is 71.4 Å². The van der Waals surface area contributed by atoms with Crippen LogP contribution in [0.15, 0.2) is 59.4 Å². The van der Waals surface area contributed by atoms with E-state index in [0.29, 0.717) is 42.8 Å². The van der Waals surface area contributed by atoms with Gasteiger partial charge in [0.1, 0.15) is 5.82 Å². The Balaban J connectivity index is 1.91. The van der Waals surface area contributed by atoms with Crippen molar-refractivity contribution in [1.29, 1.82) is 0 Å². The van der Waals surface area contributed by atoms with E-state index < -0.39 is 0 Å². The van der Waals surface area contributed by atoms with Crippen LogP contribution in [0.4, 0.5) is 0 Å². The molecule has 1 aromatic heterocycles. The zero-order chi connectivity index (χ0) is 25.0. The highest BCUT2D eigenvalue weighted by Gasteiger charge is 2.26. The van der Waals surface area contributed by atoms with Crippen molar-refractivity contribution >= 4 is 16.8 Å². The number of aromatic nitrogens is 2. The van der Waals surface area contributed by atoms with Crippen LogP contribution in [0.5, 0.6) is 0 Å². The van der Waals surface area contributed by atoms with Crippen LogP contribution in [0.3, 0.4) is 0 Å². The predicted molar refractivity (Wildman–Crippen MR) is 142 cm³/mol. The van der Waals surface area contributed by atoms with Crippen molar-refractivity contribution in [3.05, 3.63) is 76.3 Å². The van der Waals surface area contributed by atoms with Crippen molar-refractivity contribution in [1.82, 2.24) is 14.5 Å². The fourth-order valence-corrected chi connectivity index (χ4v) is 4.49. The van der Waals surface area contributed by atoms with Crippen molar-refractivity contribution in [3.63, 3.8) is 0 Å². The molecular weight excluding hydrogens is 438 g/mol. The van der Waals surface area contributed by atoms with E-state index >= 15 is 0 Å². The van der Waals surface area contributed by atoms with Crippen molar-refractivity contribution < 1.29 is 9.53 Å². The molecule has 1 heterocycles. The fourth-order valence-electron chi connectivity index (χ4n) is 4.49. The standard InChI is InChI=1S/C29H39N3O3/c1-4-5-6-7-8-12-19-27(33)31(20-21-35-3)23(2)28-30-26-18-14-13-17-25(26)29(34)32(28)22-24-15-10-9-11-16-24/h9-11,13-18,23H,4-8,12,19-22H2,1-3H3. The van der Waals surface area contributed by atoms with Gasteiger partial charge < -0.3 is 9.64 Å². The molecule has 3 rings (SSSR count). The molecule has 0 saturated heterocycles. The van der Waals surface area contributed by atoms with Gasteiger partial charge >= 0.3 is 0 Å². The van der Waals surface area contributed by atoms with E-state index in [9.17, 15) is 9.59 Å². The predicted octanol–water partition coefficient (Wildman–Crippen LogP) is 5.73. The van der Waals surface area contributed by atoms with Crippen LogP contribution in [-0.2, 0) is 16.1 Å². The summed E-state index contributed by atoms with van der Waals surface area (Å²) in [7, 11) is 1.64. The Hall–Kier alpha value is -2.99. The first kappa shape index (κ1) is 26.6. The Morgan fingerprint density at radius 3 is 2.43 bits per heavy atom. The van der Waals surface area contributed by atoms with Gasteiger partial charge in [-0.05, 0) is 31.0 Å². The maximum Gasteiger partial charge on any atom is 0.261 e. The number of fused-ring (bicyclic) bond motifs is 1. The number of nitrogens with zero attached hydrogens (tertiary/aromatic N) is 3. The second-order valence-corrected chi connectivity index (χ2v) is 9.14. The summed E-state index contributed by atoms with van der Waals surface area (Å²) in [5.74, 6) is 0.684. The number of hydrogen-bond acceptors (Lipinski definition) is 4. The Morgan fingerprint density at radius 2 is 1.69 bits per heavy atom. The molecule has 6 nitrogen and oxygen atoms in total. The molecule has 0 aliphatic carbocycles. The molecule has 1 atom stereocenters. The molecule has 0 spiro atoms. The van der Waals surface area contributed by atoms with Gasteiger partial charge in [0.05, 0.1) is 30.1 Å². The van der Waals surface area contributed by atoms with Crippen LogP contribution in [0, 0.1) is 0 Å². The summed E-state index contributed by atoms with van der Waals surface area (Å²) in [6, 6.07) is 16.9. The second kappa shape index (κ2) is 13.8. The Morgan fingerprint density at radius 1 is 1.00 bits per heavy atom. The average molecular weight is 478 g/mol. The van der Waals surface area contributed by atoms with Gasteiger partial charge in [-0.25, -0.2) is 4.98 Å². The number of benzene rings is 2. The fraction of sp³-hybridized carbons (Fsp3) is 0.483. The summed E-state index contributed by atoms with van der Waals surface area (Å²) in [6.45, 7) is 5.47. The molecule has 3 aromatic rings. The van der Waals surface area contributed by atoms with E-state index in [1.807, 2.05) is 66.4 Å². The zero-order valence-electron chi connectivity index (χ0n) is 21.4. The quantitative estimate of drug-likeness (QED) is 0.278. The minimum Gasteiger partial charge on any atom is -0.383 e. The first-order chi connectivity index (χ1) is 17.1. The summed E-state index contributed by atoms with van der Waals surface area (Å²) < 4.78 is 7.04. The molecule has 0 aliphatic heterocycles. The minimum atomic E-state index is -0.362.